The number of aromatic nitrogens is 4. The summed E-state index contributed by atoms with van der Waals surface area (Å²) in [7, 11) is 2.94. The van der Waals surface area contributed by atoms with Gasteiger partial charge in [-0.2, -0.15) is 0 Å². The molecule has 0 unspecified atom stereocenters. The first-order valence-electron chi connectivity index (χ1n) is 5.32. The minimum Gasteiger partial charge on any atom is -0.390 e. The first kappa shape index (κ1) is 12.8. The van der Waals surface area contributed by atoms with Gasteiger partial charge in [-0.1, -0.05) is 0 Å². The van der Waals surface area contributed by atoms with E-state index in [0.717, 1.165) is 4.57 Å². The van der Waals surface area contributed by atoms with Gasteiger partial charge in [0.15, 0.2) is 11.2 Å². The quantitative estimate of drug-likeness (QED) is 0.729. The smallest absolute Gasteiger partial charge is 0.332 e. The molecule has 0 aliphatic rings. The number of imidazole rings is 1. The lowest BCUT2D eigenvalue weighted by Crippen LogP contribution is -2.37. The number of halogens is 1. The lowest BCUT2D eigenvalue weighted by atomic mass is 10.4. The van der Waals surface area contributed by atoms with Crippen molar-refractivity contribution in [2.75, 3.05) is 5.88 Å². The Morgan fingerprint density at radius 1 is 1.39 bits per heavy atom. The first-order valence-corrected chi connectivity index (χ1v) is 5.85. The van der Waals surface area contributed by atoms with Crippen LogP contribution in [0.3, 0.4) is 0 Å². The summed E-state index contributed by atoms with van der Waals surface area (Å²) in [5.41, 5.74) is -0.295. The number of hydrogen-bond donors (Lipinski definition) is 1. The molecule has 0 amide bonds. The maximum Gasteiger partial charge on any atom is 0.332 e. The molecule has 7 nitrogen and oxygen atoms in total. The molecule has 18 heavy (non-hydrogen) atoms. The predicted octanol–water partition coefficient (Wildman–Crippen LogP) is -0.967. The molecule has 98 valence electrons. The molecule has 0 aliphatic carbocycles. The Labute approximate surface area is 107 Å². The summed E-state index contributed by atoms with van der Waals surface area (Å²) in [6.45, 7) is 0.160. The highest BCUT2D eigenvalue weighted by molar-refractivity contribution is 6.18. The highest BCUT2D eigenvalue weighted by Crippen LogP contribution is 2.06. The van der Waals surface area contributed by atoms with E-state index in [2.05, 4.69) is 4.98 Å². The molecule has 0 fully saturated rings. The first-order chi connectivity index (χ1) is 8.47. The zero-order valence-corrected chi connectivity index (χ0v) is 10.8. The SMILES string of the molecule is Cn1c(=O)c2c(ncn2C[C@H](O)CCl)n(C)c1=O. The van der Waals surface area contributed by atoms with Crippen LogP contribution in [-0.4, -0.2) is 35.8 Å². The third kappa shape index (κ3) is 1.85. The molecule has 2 aromatic heterocycles. The fraction of sp³-hybridized carbons (Fsp3) is 0.500. The summed E-state index contributed by atoms with van der Waals surface area (Å²) >= 11 is 5.53. The molecule has 0 aliphatic heterocycles. The number of hydrogen-bond acceptors (Lipinski definition) is 4. The van der Waals surface area contributed by atoms with E-state index in [-0.39, 0.29) is 17.9 Å². The number of alkyl halides is 1. The number of fused-ring (bicyclic) bond motifs is 1. The van der Waals surface area contributed by atoms with Crippen molar-refractivity contribution in [2.45, 2.75) is 12.6 Å². The van der Waals surface area contributed by atoms with Crippen molar-refractivity contribution < 1.29 is 5.11 Å². The topological polar surface area (TPSA) is 82.0 Å². The van der Waals surface area contributed by atoms with Crippen LogP contribution in [0.5, 0.6) is 0 Å². The van der Waals surface area contributed by atoms with Crippen LogP contribution >= 0.6 is 11.6 Å². The highest BCUT2D eigenvalue weighted by atomic mass is 35.5. The fourth-order valence-electron chi connectivity index (χ4n) is 1.81. The van der Waals surface area contributed by atoms with Gasteiger partial charge in [0.25, 0.3) is 5.56 Å². The van der Waals surface area contributed by atoms with Crippen LogP contribution in [0.15, 0.2) is 15.9 Å². The molecular weight excluding hydrogens is 260 g/mol. The Kier molecular flexibility index (Phi) is 3.27. The second kappa shape index (κ2) is 4.58. The van der Waals surface area contributed by atoms with Crippen molar-refractivity contribution in [1.29, 1.82) is 0 Å². The molecule has 2 rings (SSSR count). The Morgan fingerprint density at radius 3 is 2.67 bits per heavy atom. The molecule has 2 heterocycles. The zero-order chi connectivity index (χ0) is 13.4. The molecule has 0 radical (unpaired) electrons. The third-order valence-corrected chi connectivity index (χ3v) is 3.16. The van der Waals surface area contributed by atoms with E-state index in [0.29, 0.717) is 5.65 Å². The molecule has 0 saturated heterocycles. The second-order valence-electron chi connectivity index (χ2n) is 4.08. The Bertz CT molecular complexity index is 699. The van der Waals surface area contributed by atoms with Crippen LogP contribution in [-0.2, 0) is 20.6 Å². The van der Waals surface area contributed by atoms with Crippen molar-refractivity contribution in [3.05, 3.63) is 27.2 Å². The third-order valence-electron chi connectivity index (χ3n) is 2.80. The molecule has 8 heteroatoms. The summed E-state index contributed by atoms with van der Waals surface area (Å²) in [5, 5.41) is 9.52. The van der Waals surface area contributed by atoms with Crippen molar-refractivity contribution in [1.82, 2.24) is 18.7 Å². The minimum atomic E-state index is -0.772. The van der Waals surface area contributed by atoms with Gasteiger partial charge in [-0.25, -0.2) is 9.78 Å². The summed E-state index contributed by atoms with van der Waals surface area (Å²) in [5.74, 6) is 0.0613. The number of aryl methyl sites for hydroxylation is 1. The lowest BCUT2D eigenvalue weighted by Gasteiger charge is -2.09. The standard InChI is InChI=1S/C10H13ClN4O3/c1-13-8-7(9(17)14(2)10(13)18)15(5-12-8)4-6(16)3-11/h5-6,16H,3-4H2,1-2H3/t6-/m1/s1. The maximum absolute atomic E-state index is 12.0. The van der Waals surface area contributed by atoms with Gasteiger partial charge >= 0.3 is 5.69 Å². The van der Waals surface area contributed by atoms with E-state index >= 15 is 0 Å². The average Bonchev–Trinajstić information content (AvgIpc) is 2.77. The van der Waals surface area contributed by atoms with Crippen molar-refractivity contribution in [3.8, 4) is 0 Å². The molecule has 0 bridgehead atoms. The lowest BCUT2D eigenvalue weighted by molar-refractivity contribution is 0.178. The summed E-state index contributed by atoms with van der Waals surface area (Å²) in [6.07, 6.45) is 0.646. The second-order valence-corrected chi connectivity index (χ2v) is 4.39. The maximum atomic E-state index is 12.0. The Balaban J connectivity index is 2.74. The predicted molar refractivity (Wildman–Crippen MR) is 66.9 cm³/mol. The zero-order valence-electron chi connectivity index (χ0n) is 10.00. The van der Waals surface area contributed by atoms with Gasteiger partial charge in [0.05, 0.1) is 24.9 Å². The van der Waals surface area contributed by atoms with Crippen LogP contribution in [0.4, 0.5) is 0 Å². The van der Waals surface area contributed by atoms with Crippen LogP contribution in [0.1, 0.15) is 0 Å². The van der Waals surface area contributed by atoms with Crippen LogP contribution in [0.2, 0.25) is 0 Å². The minimum absolute atomic E-state index is 0.0613. The number of aliphatic hydroxyl groups excluding tert-OH is 1. The molecule has 0 saturated carbocycles. The molecule has 0 spiro atoms. The molecule has 2 aromatic rings. The van der Waals surface area contributed by atoms with E-state index in [4.69, 9.17) is 11.6 Å². The highest BCUT2D eigenvalue weighted by Gasteiger charge is 2.15. The van der Waals surface area contributed by atoms with Crippen LogP contribution < -0.4 is 11.2 Å². The van der Waals surface area contributed by atoms with Crippen molar-refractivity contribution in [3.63, 3.8) is 0 Å². The fourth-order valence-corrected chi connectivity index (χ4v) is 1.91. The van der Waals surface area contributed by atoms with E-state index in [9.17, 15) is 14.7 Å². The van der Waals surface area contributed by atoms with Crippen molar-refractivity contribution in [2.24, 2.45) is 14.1 Å². The summed E-state index contributed by atoms with van der Waals surface area (Å²) in [4.78, 5) is 27.8. The summed E-state index contributed by atoms with van der Waals surface area (Å²) < 4.78 is 3.80. The number of rotatable bonds is 3. The van der Waals surface area contributed by atoms with Crippen LogP contribution in [0.25, 0.3) is 11.2 Å². The molecule has 1 N–H and O–H groups in total. The van der Waals surface area contributed by atoms with E-state index in [1.54, 1.807) is 7.05 Å². The van der Waals surface area contributed by atoms with E-state index < -0.39 is 17.4 Å². The van der Waals surface area contributed by atoms with Crippen LogP contribution in [0, 0.1) is 0 Å². The van der Waals surface area contributed by atoms with E-state index in [1.807, 2.05) is 0 Å². The number of aliphatic hydroxyl groups is 1. The monoisotopic (exact) mass is 272 g/mol. The van der Waals surface area contributed by atoms with Gasteiger partial charge in [-0.15, -0.1) is 11.6 Å². The largest absolute Gasteiger partial charge is 0.390 e. The Morgan fingerprint density at radius 2 is 2.06 bits per heavy atom. The Hall–Kier alpha value is -1.60. The molecule has 1 atom stereocenters. The molecular formula is C10H13ClN4O3. The normalized spacial score (nSPS) is 13.1. The van der Waals surface area contributed by atoms with Gasteiger partial charge in [0.1, 0.15) is 0 Å². The van der Waals surface area contributed by atoms with Gasteiger partial charge in [-0.3, -0.25) is 13.9 Å². The van der Waals surface area contributed by atoms with Gasteiger partial charge < -0.3 is 9.67 Å². The van der Waals surface area contributed by atoms with Crippen molar-refractivity contribution >= 4 is 22.8 Å². The summed E-state index contributed by atoms with van der Waals surface area (Å²) in [6, 6.07) is 0. The van der Waals surface area contributed by atoms with Gasteiger partial charge in [0, 0.05) is 14.1 Å². The van der Waals surface area contributed by atoms with E-state index in [1.165, 1.54) is 22.5 Å². The van der Waals surface area contributed by atoms with Gasteiger partial charge in [-0.05, 0) is 0 Å². The average molecular weight is 273 g/mol. The molecule has 0 aromatic carbocycles. The van der Waals surface area contributed by atoms with Gasteiger partial charge in [0.2, 0.25) is 0 Å². The number of nitrogens with zero attached hydrogens (tertiary/aromatic N) is 4.